The molecule has 0 saturated carbocycles. The van der Waals surface area contributed by atoms with Gasteiger partial charge in [0.2, 0.25) is 0 Å². The van der Waals surface area contributed by atoms with Gasteiger partial charge in [0.25, 0.3) is 10.0 Å². The summed E-state index contributed by atoms with van der Waals surface area (Å²) in [5.41, 5.74) is 1.37. The summed E-state index contributed by atoms with van der Waals surface area (Å²) in [7, 11) is -3.90. The van der Waals surface area contributed by atoms with Gasteiger partial charge in [-0.2, -0.15) is 5.26 Å². The zero-order valence-electron chi connectivity index (χ0n) is 14.5. The maximum absolute atomic E-state index is 13.5. The summed E-state index contributed by atoms with van der Waals surface area (Å²) in [6.07, 6.45) is 0.862. The number of aryl methyl sites for hydroxylation is 1. The molecule has 0 aliphatic rings. The van der Waals surface area contributed by atoms with Crippen molar-refractivity contribution in [2.24, 2.45) is 5.92 Å². The Morgan fingerprint density at radius 2 is 1.80 bits per heavy atom. The number of benzene rings is 2. The van der Waals surface area contributed by atoms with Crippen LogP contribution >= 0.6 is 0 Å². The topological polar surface area (TPSA) is 61.2 Å². The molecule has 2 rings (SSSR count). The minimum Gasteiger partial charge on any atom is -0.266 e. The van der Waals surface area contributed by atoms with Crippen molar-refractivity contribution in [2.75, 3.05) is 10.8 Å². The zero-order valence-corrected chi connectivity index (χ0v) is 15.3. The van der Waals surface area contributed by atoms with E-state index in [4.69, 9.17) is 5.26 Å². The molecular weight excluding hydrogens is 339 g/mol. The molecule has 0 N–H and O–H groups in total. The minimum absolute atomic E-state index is 0.0920. The van der Waals surface area contributed by atoms with Crippen LogP contribution in [-0.2, 0) is 16.4 Å². The molecule has 25 heavy (non-hydrogen) atoms. The molecule has 0 bridgehead atoms. The molecule has 0 unspecified atom stereocenters. The minimum atomic E-state index is -3.90. The molecule has 132 valence electrons. The largest absolute Gasteiger partial charge is 0.266 e. The lowest BCUT2D eigenvalue weighted by Crippen LogP contribution is -2.34. The molecule has 0 atom stereocenters. The first-order chi connectivity index (χ1) is 11.8. The third-order valence-corrected chi connectivity index (χ3v) is 5.60. The maximum Gasteiger partial charge on any atom is 0.264 e. The van der Waals surface area contributed by atoms with E-state index in [2.05, 4.69) is 0 Å². The maximum atomic E-state index is 13.5. The second-order valence-corrected chi connectivity index (χ2v) is 8.07. The number of nitrogens with zero attached hydrogens (tertiary/aromatic N) is 2. The number of sulfonamides is 1. The van der Waals surface area contributed by atoms with Crippen LogP contribution in [0.5, 0.6) is 0 Å². The molecule has 0 aliphatic carbocycles. The van der Waals surface area contributed by atoms with Crippen LogP contribution in [0.2, 0.25) is 0 Å². The predicted molar refractivity (Wildman–Crippen MR) is 96.3 cm³/mol. The second-order valence-electron chi connectivity index (χ2n) is 6.20. The summed E-state index contributed by atoms with van der Waals surface area (Å²) in [5, 5.41) is 8.97. The molecule has 0 radical (unpaired) electrons. The Morgan fingerprint density at radius 3 is 2.32 bits per heavy atom. The molecule has 0 aliphatic heterocycles. The molecule has 4 nitrogen and oxygen atoms in total. The summed E-state index contributed by atoms with van der Waals surface area (Å²) in [4.78, 5) is -0.0920. The fraction of sp³-hybridized carbons (Fsp3) is 0.316. The molecule has 0 fully saturated rings. The van der Waals surface area contributed by atoms with Crippen molar-refractivity contribution >= 4 is 15.7 Å². The molecule has 0 amide bonds. The Balaban J connectivity index is 2.53. The lowest BCUT2D eigenvalue weighted by molar-refractivity contribution is 0.577. The van der Waals surface area contributed by atoms with Gasteiger partial charge in [-0.3, -0.25) is 4.31 Å². The lowest BCUT2D eigenvalue weighted by atomic mass is 10.1. The molecule has 6 heteroatoms. The van der Waals surface area contributed by atoms with Crippen LogP contribution in [0.3, 0.4) is 0 Å². The Morgan fingerprint density at radius 1 is 1.16 bits per heavy atom. The van der Waals surface area contributed by atoms with Crippen LogP contribution in [0.25, 0.3) is 0 Å². The van der Waals surface area contributed by atoms with Crippen molar-refractivity contribution in [3.05, 3.63) is 59.4 Å². The van der Waals surface area contributed by atoms with Gasteiger partial charge in [0.15, 0.2) is 0 Å². The Hall–Kier alpha value is -2.39. The number of rotatable bonds is 6. The summed E-state index contributed by atoms with van der Waals surface area (Å²) in [6.45, 7) is 6.16. The first-order valence-electron chi connectivity index (χ1n) is 8.11. The normalized spacial score (nSPS) is 11.4. The zero-order chi connectivity index (χ0) is 18.6. The van der Waals surface area contributed by atoms with E-state index in [-0.39, 0.29) is 22.9 Å². The van der Waals surface area contributed by atoms with Crippen LogP contribution in [0.15, 0.2) is 47.4 Å². The smallest absolute Gasteiger partial charge is 0.264 e. The number of halogens is 1. The van der Waals surface area contributed by atoms with Crippen LogP contribution in [0, 0.1) is 23.1 Å². The van der Waals surface area contributed by atoms with E-state index >= 15 is 0 Å². The molecule has 0 spiro atoms. The van der Waals surface area contributed by atoms with E-state index in [9.17, 15) is 12.8 Å². The second kappa shape index (κ2) is 7.66. The first-order valence-corrected chi connectivity index (χ1v) is 9.55. The van der Waals surface area contributed by atoms with Crippen molar-refractivity contribution in [1.82, 2.24) is 0 Å². The molecule has 0 aromatic heterocycles. The highest BCUT2D eigenvalue weighted by Crippen LogP contribution is 2.26. The van der Waals surface area contributed by atoms with Gasteiger partial charge in [-0.15, -0.1) is 0 Å². The number of hydrogen-bond donors (Lipinski definition) is 0. The van der Waals surface area contributed by atoms with Crippen LogP contribution in [0.4, 0.5) is 10.1 Å². The number of hydrogen-bond acceptors (Lipinski definition) is 3. The Labute approximate surface area is 148 Å². The standard InChI is InChI=1S/C19H21FN2O2S/c1-4-15-5-7-17(8-6-15)22(13-14(2)3)25(23,24)18-9-10-19(20)16(11-18)12-21/h5-11,14H,4,13H2,1-3H3. The van der Waals surface area contributed by atoms with Crippen LogP contribution in [0.1, 0.15) is 31.9 Å². The summed E-state index contributed by atoms with van der Waals surface area (Å²) in [5.74, 6) is -0.638. The Kier molecular flexibility index (Phi) is 5.81. The van der Waals surface area contributed by atoms with Crippen LogP contribution < -0.4 is 4.31 Å². The van der Waals surface area contributed by atoms with E-state index in [0.29, 0.717) is 5.69 Å². The van der Waals surface area contributed by atoms with Gasteiger partial charge in [-0.25, -0.2) is 12.8 Å². The summed E-state index contributed by atoms with van der Waals surface area (Å²) < 4.78 is 41.0. The van der Waals surface area contributed by atoms with Gasteiger partial charge >= 0.3 is 0 Å². The van der Waals surface area contributed by atoms with Crippen molar-refractivity contribution in [3.63, 3.8) is 0 Å². The van der Waals surface area contributed by atoms with Crippen molar-refractivity contribution in [3.8, 4) is 6.07 Å². The molecule has 2 aromatic rings. The Bertz CT molecular complexity index is 885. The van der Waals surface area contributed by atoms with Gasteiger partial charge in [0.05, 0.1) is 16.1 Å². The highest BCUT2D eigenvalue weighted by molar-refractivity contribution is 7.92. The van der Waals surface area contributed by atoms with Crippen molar-refractivity contribution < 1.29 is 12.8 Å². The van der Waals surface area contributed by atoms with E-state index < -0.39 is 15.8 Å². The average molecular weight is 360 g/mol. The quantitative estimate of drug-likeness (QED) is 0.779. The van der Waals surface area contributed by atoms with Gasteiger partial charge in [-0.1, -0.05) is 32.9 Å². The van der Waals surface area contributed by atoms with Crippen molar-refractivity contribution in [1.29, 1.82) is 5.26 Å². The number of nitriles is 1. The first kappa shape index (κ1) is 18.9. The molecule has 2 aromatic carbocycles. The average Bonchev–Trinajstić information content (AvgIpc) is 2.59. The highest BCUT2D eigenvalue weighted by atomic mass is 32.2. The fourth-order valence-electron chi connectivity index (χ4n) is 2.45. The third-order valence-electron chi connectivity index (χ3n) is 3.81. The monoisotopic (exact) mass is 360 g/mol. The highest BCUT2D eigenvalue weighted by Gasteiger charge is 2.26. The SMILES string of the molecule is CCc1ccc(N(CC(C)C)S(=O)(=O)c2ccc(F)c(C#N)c2)cc1. The number of anilines is 1. The van der Waals surface area contributed by atoms with E-state index in [1.807, 2.05) is 32.9 Å². The fourth-order valence-corrected chi connectivity index (χ4v) is 4.10. The van der Waals surface area contributed by atoms with E-state index in [0.717, 1.165) is 24.1 Å². The molecular formula is C19H21FN2O2S. The van der Waals surface area contributed by atoms with Gasteiger partial charge < -0.3 is 0 Å². The predicted octanol–water partition coefficient (Wildman–Crippen LogP) is 4.11. The molecule has 0 heterocycles. The lowest BCUT2D eigenvalue weighted by Gasteiger charge is -2.26. The summed E-state index contributed by atoms with van der Waals surface area (Å²) in [6, 6.07) is 12.3. The van der Waals surface area contributed by atoms with E-state index in [1.165, 1.54) is 10.4 Å². The molecule has 0 saturated heterocycles. The van der Waals surface area contributed by atoms with Crippen LogP contribution in [-0.4, -0.2) is 15.0 Å². The van der Waals surface area contributed by atoms with Crippen molar-refractivity contribution in [2.45, 2.75) is 32.1 Å². The third kappa shape index (κ3) is 4.18. The van der Waals surface area contributed by atoms with Gasteiger partial charge in [0, 0.05) is 6.54 Å². The van der Waals surface area contributed by atoms with Gasteiger partial charge in [0.1, 0.15) is 11.9 Å². The van der Waals surface area contributed by atoms with Gasteiger partial charge in [-0.05, 0) is 48.2 Å². The summed E-state index contributed by atoms with van der Waals surface area (Å²) >= 11 is 0. The van der Waals surface area contributed by atoms with E-state index in [1.54, 1.807) is 18.2 Å².